The number of rotatable bonds is 4. The fourth-order valence-corrected chi connectivity index (χ4v) is 3.36. The first-order valence-corrected chi connectivity index (χ1v) is 7.63. The minimum absolute atomic E-state index is 0.404. The summed E-state index contributed by atoms with van der Waals surface area (Å²) in [5, 5.41) is 3.48. The van der Waals surface area contributed by atoms with Gasteiger partial charge in [0.15, 0.2) is 0 Å². The molecular formula is C15H30N2. The van der Waals surface area contributed by atoms with E-state index in [9.17, 15) is 0 Å². The summed E-state index contributed by atoms with van der Waals surface area (Å²) in [4.78, 5) is 2.69. The lowest BCUT2D eigenvalue weighted by Crippen LogP contribution is -2.50. The Kier molecular flexibility index (Phi) is 4.87. The number of hydrogen-bond donors (Lipinski definition) is 1. The van der Waals surface area contributed by atoms with E-state index in [-0.39, 0.29) is 0 Å². The Bertz CT molecular complexity index is 213. The third kappa shape index (κ3) is 3.96. The van der Waals surface area contributed by atoms with Crippen LogP contribution in [-0.2, 0) is 0 Å². The van der Waals surface area contributed by atoms with Gasteiger partial charge in [-0.2, -0.15) is 0 Å². The normalized spacial score (nSPS) is 27.2. The molecule has 0 bridgehead atoms. The average Bonchev–Trinajstić information content (AvgIpc) is 2.39. The number of piperidine rings is 1. The lowest BCUT2D eigenvalue weighted by molar-refractivity contribution is 0.141. The molecule has 2 nitrogen and oxygen atoms in total. The quantitative estimate of drug-likeness (QED) is 0.810. The molecule has 1 saturated carbocycles. The highest BCUT2D eigenvalue weighted by molar-refractivity contribution is 4.88. The maximum Gasteiger partial charge on any atom is 0.0174 e. The van der Waals surface area contributed by atoms with Gasteiger partial charge in [-0.25, -0.2) is 0 Å². The molecule has 0 atom stereocenters. The Morgan fingerprint density at radius 3 is 2.35 bits per heavy atom. The van der Waals surface area contributed by atoms with Crippen LogP contribution in [0.2, 0.25) is 0 Å². The minimum atomic E-state index is 0.404. The van der Waals surface area contributed by atoms with Gasteiger partial charge in [-0.05, 0) is 58.8 Å². The van der Waals surface area contributed by atoms with Crippen LogP contribution in [0, 0.1) is 5.92 Å². The van der Waals surface area contributed by atoms with Crippen LogP contribution in [0.1, 0.15) is 58.3 Å². The predicted octanol–water partition coefficient (Wildman–Crippen LogP) is 3.03. The Hall–Kier alpha value is -0.0800. The second-order valence-electron chi connectivity index (χ2n) is 6.45. The first kappa shape index (κ1) is 13.4. The first-order chi connectivity index (χ1) is 8.22. The third-order valence-corrected chi connectivity index (χ3v) is 5.14. The van der Waals surface area contributed by atoms with Crippen molar-refractivity contribution >= 4 is 0 Å². The molecule has 0 aromatic rings. The Morgan fingerprint density at radius 1 is 1.12 bits per heavy atom. The van der Waals surface area contributed by atoms with E-state index in [1.54, 1.807) is 0 Å². The molecule has 1 heterocycles. The van der Waals surface area contributed by atoms with Crippen LogP contribution in [0.5, 0.6) is 0 Å². The first-order valence-electron chi connectivity index (χ1n) is 7.63. The fourth-order valence-electron chi connectivity index (χ4n) is 3.36. The summed E-state index contributed by atoms with van der Waals surface area (Å²) in [5.41, 5.74) is 0.404. The summed E-state index contributed by atoms with van der Waals surface area (Å²) in [7, 11) is 2.11. The molecule has 0 radical (unpaired) electrons. The van der Waals surface area contributed by atoms with Crippen molar-refractivity contribution in [3.05, 3.63) is 0 Å². The largest absolute Gasteiger partial charge is 0.314 e. The molecule has 0 aromatic carbocycles. The Labute approximate surface area is 107 Å². The van der Waals surface area contributed by atoms with Crippen molar-refractivity contribution in [2.75, 3.05) is 26.7 Å². The predicted molar refractivity (Wildman–Crippen MR) is 74.3 cm³/mol. The van der Waals surface area contributed by atoms with Crippen LogP contribution in [-0.4, -0.2) is 37.1 Å². The van der Waals surface area contributed by atoms with Crippen molar-refractivity contribution in [3.63, 3.8) is 0 Å². The highest BCUT2D eigenvalue weighted by Crippen LogP contribution is 2.27. The highest BCUT2D eigenvalue weighted by atomic mass is 15.1. The molecule has 2 heteroatoms. The van der Waals surface area contributed by atoms with Crippen molar-refractivity contribution in [1.82, 2.24) is 10.2 Å². The van der Waals surface area contributed by atoms with Gasteiger partial charge in [0.05, 0.1) is 0 Å². The zero-order chi connectivity index (χ0) is 12.1. The zero-order valence-electron chi connectivity index (χ0n) is 11.8. The van der Waals surface area contributed by atoms with Crippen molar-refractivity contribution < 1.29 is 0 Å². The summed E-state index contributed by atoms with van der Waals surface area (Å²) in [5.74, 6) is 1.04. The molecule has 0 unspecified atom stereocenters. The van der Waals surface area contributed by atoms with E-state index in [1.807, 2.05) is 0 Å². The van der Waals surface area contributed by atoms with Crippen LogP contribution in [0.4, 0.5) is 0 Å². The second kappa shape index (κ2) is 6.19. The molecule has 1 saturated heterocycles. The number of nitrogens with one attached hydrogen (secondary N) is 1. The molecule has 0 spiro atoms. The Morgan fingerprint density at radius 2 is 1.76 bits per heavy atom. The minimum Gasteiger partial charge on any atom is -0.314 e. The molecule has 1 N–H and O–H groups in total. The summed E-state index contributed by atoms with van der Waals surface area (Å²) < 4.78 is 0. The van der Waals surface area contributed by atoms with Gasteiger partial charge in [0.2, 0.25) is 0 Å². The van der Waals surface area contributed by atoms with Crippen LogP contribution in [0.25, 0.3) is 0 Å². The maximum absolute atomic E-state index is 3.48. The third-order valence-electron chi connectivity index (χ3n) is 5.14. The SMILES string of the molecule is CNC1(C)CCN(CCC2CCCCC2)CC1. The van der Waals surface area contributed by atoms with Gasteiger partial charge in [0.25, 0.3) is 0 Å². The molecule has 2 rings (SSSR count). The zero-order valence-corrected chi connectivity index (χ0v) is 11.8. The van der Waals surface area contributed by atoms with Gasteiger partial charge in [-0.1, -0.05) is 32.1 Å². The molecular weight excluding hydrogens is 208 g/mol. The second-order valence-corrected chi connectivity index (χ2v) is 6.45. The lowest BCUT2D eigenvalue weighted by Gasteiger charge is -2.39. The van der Waals surface area contributed by atoms with E-state index in [2.05, 4.69) is 24.2 Å². The van der Waals surface area contributed by atoms with Gasteiger partial charge >= 0.3 is 0 Å². The molecule has 1 aliphatic heterocycles. The maximum atomic E-state index is 3.48. The molecule has 17 heavy (non-hydrogen) atoms. The van der Waals surface area contributed by atoms with Gasteiger partial charge in [-0.15, -0.1) is 0 Å². The number of likely N-dealkylation sites (tertiary alicyclic amines) is 1. The van der Waals surface area contributed by atoms with Gasteiger partial charge in [-0.3, -0.25) is 0 Å². The van der Waals surface area contributed by atoms with Crippen LogP contribution >= 0.6 is 0 Å². The van der Waals surface area contributed by atoms with Gasteiger partial charge < -0.3 is 10.2 Å². The van der Waals surface area contributed by atoms with Crippen LogP contribution in [0.3, 0.4) is 0 Å². The lowest BCUT2D eigenvalue weighted by atomic mass is 9.86. The average molecular weight is 238 g/mol. The van der Waals surface area contributed by atoms with Crippen LogP contribution in [0.15, 0.2) is 0 Å². The molecule has 1 aliphatic carbocycles. The topological polar surface area (TPSA) is 15.3 Å². The summed E-state index contributed by atoms with van der Waals surface area (Å²) in [6.07, 6.45) is 11.6. The van der Waals surface area contributed by atoms with Crippen molar-refractivity contribution in [1.29, 1.82) is 0 Å². The monoisotopic (exact) mass is 238 g/mol. The van der Waals surface area contributed by atoms with Crippen molar-refractivity contribution in [2.45, 2.75) is 63.8 Å². The van der Waals surface area contributed by atoms with E-state index in [0.29, 0.717) is 5.54 Å². The van der Waals surface area contributed by atoms with E-state index in [1.165, 1.54) is 71.0 Å². The van der Waals surface area contributed by atoms with Gasteiger partial charge in [0, 0.05) is 5.54 Å². The van der Waals surface area contributed by atoms with E-state index < -0.39 is 0 Å². The van der Waals surface area contributed by atoms with Gasteiger partial charge in [0.1, 0.15) is 0 Å². The van der Waals surface area contributed by atoms with E-state index in [0.717, 1.165) is 5.92 Å². The number of hydrogen-bond acceptors (Lipinski definition) is 2. The Balaban J connectivity index is 1.64. The summed E-state index contributed by atoms with van der Waals surface area (Å²) in [6.45, 7) is 6.31. The fraction of sp³-hybridized carbons (Fsp3) is 1.00. The summed E-state index contributed by atoms with van der Waals surface area (Å²) >= 11 is 0. The smallest absolute Gasteiger partial charge is 0.0174 e. The molecule has 2 aliphatic rings. The van der Waals surface area contributed by atoms with E-state index in [4.69, 9.17) is 0 Å². The molecule has 0 amide bonds. The number of nitrogens with zero attached hydrogens (tertiary/aromatic N) is 1. The molecule has 2 fully saturated rings. The molecule has 0 aromatic heterocycles. The summed E-state index contributed by atoms with van der Waals surface area (Å²) in [6, 6.07) is 0. The molecule has 100 valence electrons. The van der Waals surface area contributed by atoms with E-state index >= 15 is 0 Å². The highest BCUT2D eigenvalue weighted by Gasteiger charge is 2.28. The van der Waals surface area contributed by atoms with Crippen molar-refractivity contribution in [2.24, 2.45) is 5.92 Å². The standard InChI is InChI=1S/C15H30N2/c1-15(16-2)9-12-17(13-10-15)11-8-14-6-4-3-5-7-14/h14,16H,3-13H2,1-2H3. The van der Waals surface area contributed by atoms with Crippen molar-refractivity contribution in [3.8, 4) is 0 Å². The van der Waals surface area contributed by atoms with Crippen LogP contribution < -0.4 is 5.32 Å².